The summed E-state index contributed by atoms with van der Waals surface area (Å²) in [5.41, 5.74) is 2.02. The summed E-state index contributed by atoms with van der Waals surface area (Å²) >= 11 is 0. The number of fused-ring (bicyclic) bond motifs is 1. The van der Waals surface area contributed by atoms with Gasteiger partial charge in [-0.05, 0) is 13.1 Å². The minimum absolute atomic E-state index is 0.368. The van der Waals surface area contributed by atoms with Crippen LogP contribution in [0.3, 0.4) is 0 Å². The topological polar surface area (TPSA) is 64.8 Å². The maximum Gasteiger partial charge on any atom is 0.186 e. The Morgan fingerprint density at radius 1 is 1.33 bits per heavy atom. The summed E-state index contributed by atoms with van der Waals surface area (Å²) in [6, 6.07) is 9.84. The Morgan fingerprint density at radius 3 is 2.83 bits per heavy atom. The molecule has 5 nitrogen and oxygen atoms in total. The van der Waals surface area contributed by atoms with E-state index in [1.807, 2.05) is 43.3 Å². The van der Waals surface area contributed by atoms with Crippen molar-refractivity contribution in [1.82, 2.24) is 15.5 Å². The largest absolute Gasteiger partial charge is 0.370 e. The van der Waals surface area contributed by atoms with Crippen molar-refractivity contribution in [2.24, 2.45) is 0 Å². The number of hydrogen-bond acceptors (Lipinski definition) is 5. The van der Waals surface area contributed by atoms with E-state index < -0.39 is 0 Å². The Labute approximate surface area is 106 Å². The lowest BCUT2D eigenvalue weighted by atomic mass is 10.1. The van der Waals surface area contributed by atoms with Crippen molar-refractivity contribution in [2.45, 2.75) is 0 Å². The van der Waals surface area contributed by atoms with E-state index in [1.54, 1.807) is 0 Å². The van der Waals surface area contributed by atoms with E-state index >= 15 is 0 Å². The number of rotatable bonds is 4. The Kier molecular flexibility index (Phi) is 3.70. The van der Waals surface area contributed by atoms with Crippen LogP contribution in [0.25, 0.3) is 10.9 Å². The summed E-state index contributed by atoms with van der Waals surface area (Å²) in [4.78, 5) is 2.03. The van der Waals surface area contributed by atoms with Crippen LogP contribution in [-0.2, 0) is 0 Å². The molecule has 0 aliphatic rings. The van der Waals surface area contributed by atoms with E-state index in [2.05, 4.69) is 21.6 Å². The molecular formula is C13H15N5. The van der Waals surface area contributed by atoms with Gasteiger partial charge >= 0.3 is 0 Å². The van der Waals surface area contributed by atoms with E-state index in [0.29, 0.717) is 5.69 Å². The molecule has 0 fully saturated rings. The maximum atomic E-state index is 9.16. The molecule has 0 saturated heterocycles. The predicted octanol–water partition coefficient (Wildman–Crippen LogP) is 1.16. The van der Waals surface area contributed by atoms with Crippen molar-refractivity contribution in [2.75, 3.05) is 32.1 Å². The molecule has 0 aliphatic carbocycles. The normalized spacial score (nSPS) is 10.3. The maximum absolute atomic E-state index is 9.16. The quantitative estimate of drug-likeness (QED) is 0.870. The SMILES string of the molecule is CNCCN(C)c1c(C#N)nnc2ccccc12. The standard InChI is InChI=1S/C13H15N5/c1-15-7-8-18(2)13-10-5-3-4-6-11(10)16-17-12(13)9-14/h3-6,15H,7-8H2,1-2H3. The van der Waals surface area contributed by atoms with Gasteiger partial charge in [-0.1, -0.05) is 18.2 Å². The van der Waals surface area contributed by atoms with Gasteiger partial charge < -0.3 is 10.2 Å². The summed E-state index contributed by atoms with van der Waals surface area (Å²) in [5.74, 6) is 0. The molecule has 0 amide bonds. The highest BCUT2D eigenvalue weighted by Gasteiger charge is 2.13. The molecule has 0 atom stereocenters. The van der Waals surface area contributed by atoms with Crippen LogP contribution in [0.4, 0.5) is 5.69 Å². The summed E-state index contributed by atoms with van der Waals surface area (Å²) < 4.78 is 0. The van der Waals surface area contributed by atoms with Crippen LogP contribution in [0.1, 0.15) is 5.69 Å². The van der Waals surface area contributed by atoms with Crippen molar-refractivity contribution in [3.63, 3.8) is 0 Å². The first-order valence-corrected chi connectivity index (χ1v) is 5.79. The highest BCUT2D eigenvalue weighted by molar-refractivity contribution is 5.93. The number of anilines is 1. The molecule has 0 radical (unpaired) electrons. The minimum Gasteiger partial charge on any atom is -0.370 e. The third-order valence-electron chi connectivity index (χ3n) is 2.83. The number of nitrogens with one attached hydrogen (secondary N) is 1. The molecule has 1 aromatic heterocycles. The second-order valence-corrected chi connectivity index (χ2v) is 4.05. The van der Waals surface area contributed by atoms with Crippen LogP contribution in [0.2, 0.25) is 0 Å². The second kappa shape index (κ2) is 5.43. The Morgan fingerprint density at radius 2 is 2.11 bits per heavy atom. The first kappa shape index (κ1) is 12.3. The van der Waals surface area contributed by atoms with Crippen molar-refractivity contribution in [1.29, 1.82) is 5.26 Å². The molecule has 1 heterocycles. The van der Waals surface area contributed by atoms with E-state index in [0.717, 1.165) is 29.7 Å². The molecule has 1 N–H and O–H groups in total. The highest BCUT2D eigenvalue weighted by atomic mass is 15.2. The number of aromatic nitrogens is 2. The van der Waals surface area contributed by atoms with E-state index in [9.17, 15) is 0 Å². The summed E-state index contributed by atoms with van der Waals surface area (Å²) in [5, 5.41) is 21.3. The third kappa shape index (κ3) is 2.24. The zero-order valence-corrected chi connectivity index (χ0v) is 10.5. The molecule has 0 bridgehead atoms. The first-order valence-electron chi connectivity index (χ1n) is 5.79. The molecule has 0 spiro atoms. The number of likely N-dealkylation sites (N-methyl/N-ethyl adjacent to an activating group) is 2. The number of nitrogens with zero attached hydrogens (tertiary/aromatic N) is 4. The zero-order valence-electron chi connectivity index (χ0n) is 10.5. The van der Waals surface area contributed by atoms with Crippen LogP contribution in [0.5, 0.6) is 0 Å². The van der Waals surface area contributed by atoms with Crippen molar-refractivity contribution in [3.05, 3.63) is 30.0 Å². The van der Waals surface area contributed by atoms with Crippen molar-refractivity contribution < 1.29 is 0 Å². The summed E-state index contributed by atoms with van der Waals surface area (Å²) in [6.45, 7) is 1.65. The third-order valence-corrected chi connectivity index (χ3v) is 2.83. The fourth-order valence-corrected chi connectivity index (χ4v) is 1.89. The number of benzene rings is 1. The molecule has 0 unspecified atom stereocenters. The zero-order chi connectivity index (χ0) is 13.0. The average molecular weight is 241 g/mol. The van der Waals surface area contributed by atoms with Gasteiger partial charge in [0, 0.05) is 25.5 Å². The van der Waals surface area contributed by atoms with E-state index in [-0.39, 0.29) is 0 Å². The molecule has 2 rings (SSSR count). The van der Waals surface area contributed by atoms with Gasteiger partial charge in [-0.2, -0.15) is 5.26 Å². The number of nitriles is 1. The summed E-state index contributed by atoms with van der Waals surface area (Å²) in [7, 11) is 3.86. The fraction of sp³-hybridized carbons (Fsp3) is 0.308. The highest BCUT2D eigenvalue weighted by Crippen LogP contribution is 2.26. The fourth-order valence-electron chi connectivity index (χ4n) is 1.89. The molecule has 5 heteroatoms. The van der Waals surface area contributed by atoms with Crippen LogP contribution < -0.4 is 10.2 Å². The summed E-state index contributed by atoms with van der Waals surface area (Å²) in [6.07, 6.45) is 0. The van der Waals surface area contributed by atoms with Crippen LogP contribution in [0.15, 0.2) is 24.3 Å². The van der Waals surface area contributed by atoms with Crippen LogP contribution in [-0.4, -0.2) is 37.4 Å². The van der Waals surface area contributed by atoms with Gasteiger partial charge in [0.25, 0.3) is 0 Å². The second-order valence-electron chi connectivity index (χ2n) is 4.05. The molecule has 1 aromatic carbocycles. The Bertz CT molecular complexity index is 587. The van der Waals surface area contributed by atoms with Crippen molar-refractivity contribution in [3.8, 4) is 6.07 Å². The van der Waals surface area contributed by atoms with E-state index in [4.69, 9.17) is 5.26 Å². The predicted molar refractivity (Wildman–Crippen MR) is 71.4 cm³/mol. The lowest BCUT2D eigenvalue weighted by molar-refractivity contribution is 0.766. The van der Waals surface area contributed by atoms with Gasteiger partial charge in [-0.3, -0.25) is 0 Å². The molecule has 92 valence electrons. The van der Waals surface area contributed by atoms with E-state index in [1.165, 1.54) is 0 Å². The molecular weight excluding hydrogens is 226 g/mol. The lowest BCUT2D eigenvalue weighted by Crippen LogP contribution is -2.28. The van der Waals surface area contributed by atoms with Crippen molar-refractivity contribution >= 4 is 16.6 Å². The minimum atomic E-state index is 0.368. The van der Waals surface area contributed by atoms with Crippen LogP contribution in [0, 0.1) is 11.3 Å². The van der Waals surface area contributed by atoms with Gasteiger partial charge in [0.1, 0.15) is 6.07 Å². The van der Waals surface area contributed by atoms with Gasteiger partial charge in [0.15, 0.2) is 5.69 Å². The molecule has 0 saturated carbocycles. The Hall–Kier alpha value is -2.19. The monoisotopic (exact) mass is 241 g/mol. The molecule has 0 aliphatic heterocycles. The van der Waals surface area contributed by atoms with Gasteiger partial charge in [0.2, 0.25) is 0 Å². The smallest absolute Gasteiger partial charge is 0.186 e. The average Bonchev–Trinajstić information content (AvgIpc) is 2.43. The Balaban J connectivity index is 2.54. The van der Waals surface area contributed by atoms with Gasteiger partial charge in [-0.15, -0.1) is 10.2 Å². The van der Waals surface area contributed by atoms with Crippen LogP contribution >= 0.6 is 0 Å². The van der Waals surface area contributed by atoms with Gasteiger partial charge in [-0.25, -0.2) is 0 Å². The lowest BCUT2D eigenvalue weighted by Gasteiger charge is -2.21. The van der Waals surface area contributed by atoms with Gasteiger partial charge in [0.05, 0.1) is 11.2 Å². The number of hydrogen-bond donors (Lipinski definition) is 1. The molecule has 2 aromatic rings. The first-order chi connectivity index (χ1) is 8.77. The molecule has 18 heavy (non-hydrogen) atoms.